The number of hydrogen-bond donors (Lipinski definition) is 2. The number of nitro groups is 1. The zero-order valence-corrected chi connectivity index (χ0v) is 14.1. The zero-order chi connectivity index (χ0) is 20.1. The van der Waals surface area contributed by atoms with E-state index in [9.17, 15) is 24.8 Å². The minimum atomic E-state index is -1.32. The van der Waals surface area contributed by atoms with Gasteiger partial charge in [0.2, 0.25) is 0 Å². The quantitative estimate of drug-likeness (QED) is 0.379. The molecule has 0 atom stereocenters. The van der Waals surface area contributed by atoms with Crippen molar-refractivity contribution in [2.45, 2.75) is 0 Å². The van der Waals surface area contributed by atoms with Crippen molar-refractivity contribution in [2.75, 3.05) is 0 Å². The van der Waals surface area contributed by atoms with Gasteiger partial charge < -0.3 is 9.52 Å². The second-order valence-electron chi connectivity index (χ2n) is 5.43. The summed E-state index contributed by atoms with van der Waals surface area (Å²) in [7, 11) is 0. The minimum Gasteiger partial charge on any atom is -0.478 e. The van der Waals surface area contributed by atoms with Crippen molar-refractivity contribution in [1.29, 1.82) is 0 Å². The van der Waals surface area contributed by atoms with Crippen molar-refractivity contribution >= 4 is 23.8 Å². The number of non-ortho nitro benzene ring substituents is 1. The molecule has 0 saturated carbocycles. The maximum Gasteiger partial charge on any atom is 0.336 e. The first kappa shape index (κ1) is 18.5. The summed E-state index contributed by atoms with van der Waals surface area (Å²) in [5, 5.41) is 23.9. The summed E-state index contributed by atoms with van der Waals surface area (Å²) in [4.78, 5) is 37.2. The smallest absolute Gasteiger partial charge is 0.336 e. The number of hydrazone groups is 1. The molecule has 0 aliphatic heterocycles. The Kier molecular flexibility index (Phi) is 5.21. The van der Waals surface area contributed by atoms with E-state index >= 15 is 0 Å². The molecule has 0 aliphatic carbocycles. The Morgan fingerprint density at radius 2 is 1.93 bits per heavy atom. The topological polar surface area (TPSA) is 148 Å². The molecule has 2 N–H and O–H groups in total. The van der Waals surface area contributed by atoms with E-state index in [4.69, 9.17) is 4.42 Å². The van der Waals surface area contributed by atoms with E-state index in [1.165, 1.54) is 55.0 Å². The molecule has 0 radical (unpaired) electrons. The van der Waals surface area contributed by atoms with Crippen molar-refractivity contribution < 1.29 is 24.0 Å². The molecule has 1 amide bonds. The second-order valence-corrected chi connectivity index (χ2v) is 5.43. The summed E-state index contributed by atoms with van der Waals surface area (Å²) in [6.07, 6.45) is 4.19. The fourth-order valence-corrected chi connectivity index (χ4v) is 2.33. The van der Waals surface area contributed by atoms with Crippen molar-refractivity contribution in [3.63, 3.8) is 0 Å². The summed E-state index contributed by atoms with van der Waals surface area (Å²) >= 11 is 0. The number of rotatable bonds is 6. The normalized spacial score (nSPS) is 10.7. The Balaban J connectivity index is 1.78. The predicted molar refractivity (Wildman–Crippen MR) is 97.1 cm³/mol. The third kappa shape index (κ3) is 4.07. The summed E-state index contributed by atoms with van der Waals surface area (Å²) in [6.45, 7) is 0. The molecule has 10 heteroatoms. The molecule has 140 valence electrons. The highest BCUT2D eigenvalue weighted by molar-refractivity contribution is 5.96. The van der Waals surface area contributed by atoms with E-state index in [-0.39, 0.29) is 28.3 Å². The Bertz CT molecular complexity index is 1070. The van der Waals surface area contributed by atoms with Gasteiger partial charge in [0.1, 0.15) is 11.5 Å². The molecule has 3 rings (SSSR count). The van der Waals surface area contributed by atoms with Gasteiger partial charge in [-0.15, -0.1) is 0 Å². The highest BCUT2D eigenvalue weighted by Crippen LogP contribution is 2.28. The van der Waals surface area contributed by atoms with Crippen LogP contribution in [-0.2, 0) is 0 Å². The van der Waals surface area contributed by atoms with E-state index in [2.05, 4.69) is 15.5 Å². The maximum atomic E-state index is 11.9. The number of pyridine rings is 1. The van der Waals surface area contributed by atoms with Crippen molar-refractivity contribution in [3.05, 3.63) is 81.9 Å². The van der Waals surface area contributed by atoms with Gasteiger partial charge in [-0.05, 0) is 30.3 Å². The Morgan fingerprint density at radius 1 is 1.18 bits per heavy atom. The van der Waals surface area contributed by atoms with Gasteiger partial charge in [0.25, 0.3) is 11.6 Å². The molecule has 0 fully saturated rings. The number of nitrogens with one attached hydrogen (secondary N) is 1. The number of carbonyl (C=O) groups excluding carboxylic acids is 1. The Hall–Kier alpha value is -4.34. The van der Waals surface area contributed by atoms with Gasteiger partial charge in [-0.3, -0.25) is 19.9 Å². The SMILES string of the molecule is O=C(N/N=C\c1ccc(-c2ccc([N+](=O)[O-])cc2C(=O)O)o1)c1ccncc1. The lowest BCUT2D eigenvalue weighted by Crippen LogP contribution is -2.17. The lowest BCUT2D eigenvalue weighted by atomic mass is 10.0. The van der Waals surface area contributed by atoms with Crippen molar-refractivity contribution in [3.8, 4) is 11.3 Å². The van der Waals surface area contributed by atoms with Gasteiger partial charge in [0.05, 0.1) is 16.7 Å². The number of nitro benzene ring substituents is 1. The van der Waals surface area contributed by atoms with Gasteiger partial charge >= 0.3 is 5.97 Å². The monoisotopic (exact) mass is 380 g/mol. The third-order valence-corrected chi connectivity index (χ3v) is 3.64. The molecule has 0 saturated heterocycles. The fraction of sp³-hybridized carbons (Fsp3) is 0. The lowest BCUT2D eigenvalue weighted by Gasteiger charge is -2.03. The van der Waals surface area contributed by atoms with Crippen LogP contribution in [0.4, 0.5) is 5.69 Å². The van der Waals surface area contributed by atoms with Crippen LogP contribution in [0.1, 0.15) is 26.5 Å². The molecule has 28 heavy (non-hydrogen) atoms. The van der Waals surface area contributed by atoms with E-state index in [1.807, 2.05) is 0 Å². The molecular formula is C18H12N4O6. The van der Waals surface area contributed by atoms with Crippen LogP contribution >= 0.6 is 0 Å². The van der Waals surface area contributed by atoms with Gasteiger partial charge in [0.15, 0.2) is 0 Å². The van der Waals surface area contributed by atoms with Gasteiger partial charge in [-0.25, -0.2) is 10.2 Å². The summed E-state index contributed by atoms with van der Waals surface area (Å²) in [5.41, 5.74) is 2.27. The highest BCUT2D eigenvalue weighted by Gasteiger charge is 2.19. The average molecular weight is 380 g/mol. The largest absolute Gasteiger partial charge is 0.478 e. The number of furan rings is 1. The number of aromatic carboxylic acids is 1. The van der Waals surface area contributed by atoms with Gasteiger partial charge in [-0.1, -0.05) is 0 Å². The number of carbonyl (C=O) groups is 2. The summed E-state index contributed by atoms with van der Waals surface area (Å²) in [5.74, 6) is -1.32. The highest BCUT2D eigenvalue weighted by atomic mass is 16.6. The van der Waals surface area contributed by atoms with Crippen molar-refractivity contribution in [2.24, 2.45) is 5.10 Å². The molecule has 0 aliphatic rings. The van der Waals surface area contributed by atoms with Gasteiger partial charge in [0, 0.05) is 35.7 Å². The van der Waals surface area contributed by atoms with Gasteiger partial charge in [-0.2, -0.15) is 5.10 Å². The maximum absolute atomic E-state index is 11.9. The van der Waals surface area contributed by atoms with E-state index < -0.39 is 16.8 Å². The molecule has 0 bridgehead atoms. The third-order valence-electron chi connectivity index (χ3n) is 3.64. The van der Waals surface area contributed by atoms with E-state index in [0.717, 1.165) is 6.07 Å². The molecule has 2 heterocycles. The van der Waals surface area contributed by atoms with E-state index in [0.29, 0.717) is 5.56 Å². The first-order chi connectivity index (χ1) is 13.5. The number of hydrogen-bond acceptors (Lipinski definition) is 7. The fourth-order valence-electron chi connectivity index (χ4n) is 2.33. The second kappa shape index (κ2) is 7.91. The van der Waals surface area contributed by atoms with Crippen LogP contribution in [0.5, 0.6) is 0 Å². The first-order valence-corrected chi connectivity index (χ1v) is 7.81. The van der Waals surface area contributed by atoms with E-state index in [1.54, 1.807) is 0 Å². The number of aromatic nitrogens is 1. The van der Waals surface area contributed by atoms with Crippen LogP contribution in [0.3, 0.4) is 0 Å². The predicted octanol–water partition coefficient (Wildman–Crippen LogP) is 2.71. The zero-order valence-electron chi connectivity index (χ0n) is 14.1. The Morgan fingerprint density at radius 3 is 2.61 bits per heavy atom. The molecule has 0 unspecified atom stereocenters. The van der Waals surface area contributed by atoms with Crippen LogP contribution < -0.4 is 5.43 Å². The number of carboxylic acid groups (broad SMARTS) is 1. The molecule has 0 spiro atoms. The van der Waals surface area contributed by atoms with Crippen LogP contribution in [0, 0.1) is 10.1 Å². The van der Waals surface area contributed by atoms with Crippen molar-refractivity contribution in [1.82, 2.24) is 10.4 Å². The van der Waals surface area contributed by atoms with Crippen LogP contribution in [0.25, 0.3) is 11.3 Å². The molecule has 10 nitrogen and oxygen atoms in total. The Labute approximate surface area is 157 Å². The van der Waals surface area contributed by atoms with Crippen LogP contribution in [0.15, 0.2) is 64.4 Å². The standard InChI is InChI=1S/C18H12N4O6/c23-17(11-5-7-19-8-6-11)21-20-10-13-2-4-16(28-13)14-3-1-12(22(26)27)9-15(14)18(24)25/h1-10H,(H,21,23)(H,24,25)/b20-10-. The molecule has 2 aromatic heterocycles. The molecular weight excluding hydrogens is 368 g/mol. The van der Waals surface area contributed by atoms with Crippen LogP contribution in [0.2, 0.25) is 0 Å². The average Bonchev–Trinajstić information content (AvgIpc) is 3.16. The number of nitrogens with zero attached hydrogens (tertiary/aromatic N) is 3. The van der Waals surface area contributed by atoms with Crippen LogP contribution in [-0.4, -0.2) is 33.1 Å². The molecule has 3 aromatic rings. The summed E-state index contributed by atoms with van der Waals surface area (Å²) in [6, 6.07) is 9.52. The first-order valence-electron chi connectivity index (χ1n) is 7.81. The number of benzene rings is 1. The summed E-state index contributed by atoms with van der Waals surface area (Å²) < 4.78 is 5.50. The minimum absolute atomic E-state index is 0.179. The molecule has 1 aromatic carbocycles. The number of amides is 1. The number of carboxylic acids is 1. The lowest BCUT2D eigenvalue weighted by molar-refractivity contribution is -0.384.